The maximum atomic E-state index is 12.5. The maximum absolute atomic E-state index is 12.5. The number of nitrogens with one attached hydrogen (secondary N) is 1. The van der Waals surface area contributed by atoms with Crippen molar-refractivity contribution in [3.8, 4) is 6.07 Å². The smallest absolute Gasteiger partial charge is 0.131 e. The van der Waals surface area contributed by atoms with Gasteiger partial charge in [0.1, 0.15) is 17.6 Å². The third-order valence-corrected chi connectivity index (χ3v) is 3.01. The van der Waals surface area contributed by atoms with Gasteiger partial charge < -0.3 is 5.32 Å². The first-order chi connectivity index (χ1) is 6.85. The summed E-state index contributed by atoms with van der Waals surface area (Å²) in [4.78, 5) is 1.37. The fourth-order valence-electron chi connectivity index (χ4n) is 1.23. The second-order valence-corrected chi connectivity index (χ2v) is 3.83. The second-order valence-electron chi connectivity index (χ2n) is 2.78. The van der Waals surface area contributed by atoms with E-state index in [-0.39, 0.29) is 0 Å². The van der Waals surface area contributed by atoms with Gasteiger partial charge >= 0.3 is 0 Å². The molecule has 0 radical (unpaired) electrons. The van der Waals surface area contributed by atoms with Gasteiger partial charge in [0.25, 0.3) is 0 Å². The fourth-order valence-corrected chi connectivity index (χ4v) is 2.10. The predicted octanol–water partition coefficient (Wildman–Crippen LogP) is 2.91. The lowest BCUT2D eigenvalue weighted by molar-refractivity contribution is 0.544. The summed E-state index contributed by atoms with van der Waals surface area (Å²) in [5, 5.41) is 11.7. The van der Waals surface area contributed by atoms with E-state index in [1.807, 2.05) is 30.3 Å². The molecule has 1 N–H and O–H groups in total. The SMILES string of the molecule is N#CC1=C(CF)Nc2ccccc2S1. The number of nitriles is 1. The Morgan fingerprint density at radius 1 is 1.43 bits per heavy atom. The van der Waals surface area contributed by atoms with Crippen LogP contribution < -0.4 is 5.32 Å². The highest BCUT2D eigenvalue weighted by atomic mass is 32.2. The van der Waals surface area contributed by atoms with E-state index in [1.165, 1.54) is 11.8 Å². The molecule has 0 saturated heterocycles. The summed E-state index contributed by atoms with van der Waals surface area (Å²) in [5.41, 5.74) is 1.22. The topological polar surface area (TPSA) is 35.8 Å². The average molecular weight is 206 g/mol. The molecular weight excluding hydrogens is 199 g/mol. The number of alkyl halides is 1. The molecule has 2 nitrogen and oxygen atoms in total. The molecule has 0 bridgehead atoms. The minimum atomic E-state index is -0.635. The van der Waals surface area contributed by atoms with Gasteiger partial charge in [-0.05, 0) is 12.1 Å². The first-order valence-corrected chi connectivity index (χ1v) is 4.90. The van der Waals surface area contributed by atoms with Crippen LogP contribution in [0.25, 0.3) is 0 Å². The molecule has 14 heavy (non-hydrogen) atoms. The monoisotopic (exact) mass is 206 g/mol. The minimum Gasteiger partial charge on any atom is -0.354 e. The summed E-state index contributed by atoms with van der Waals surface area (Å²) in [6, 6.07) is 9.52. The molecule has 1 aliphatic heterocycles. The average Bonchev–Trinajstić information content (AvgIpc) is 2.27. The van der Waals surface area contributed by atoms with Gasteiger partial charge in [0.05, 0.1) is 11.4 Å². The zero-order valence-electron chi connectivity index (χ0n) is 7.25. The summed E-state index contributed by atoms with van der Waals surface area (Å²) >= 11 is 1.31. The molecule has 0 atom stereocenters. The Morgan fingerprint density at radius 2 is 2.21 bits per heavy atom. The van der Waals surface area contributed by atoms with Gasteiger partial charge in [-0.2, -0.15) is 5.26 Å². The lowest BCUT2D eigenvalue weighted by Gasteiger charge is -2.18. The number of hydrogen-bond donors (Lipinski definition) is 1. The number of halogens is 1. The lowest BCUT2D eigenvalue weighted by Crippen LogP contribution is -2.08. The Bertz CT molecular complexity index is 434. The molecule has 1 heterocycles. The number of benzene rings is 1. The maximum Gasteiger partial charge on any atom is 0.131 e. The minimum absolute atomic E-state index is 0.358. The van der Waals surface area contributed by atoms with E-state index < -0.39 is 6.67 Å². The van der Waals surface area contributed by atoms with Gasteiger partial charge in [0.2, 0.25) is 0 Å². The summed E-state index contributed by atoms with van der Waals surface area (Å²) < 4.78 is 12.5. The Kier molecular flexibility index (Phi) is 2.42. The highest BCUT2D eigenvalue weighted by molar-refractivity contribution is 8.03. The number of thioether (sulfide) groups is 1. The van der Waals surface area contributed by atoms with Crippen LogP contribution in [0, 0.1) is 11.3 Å². The van der Waals surface area contributed by atoms with Crippen molar-refractivity contribution in [2.24, 2.45) is 0 Å². The number of allylic oxidation sites excluding steroid dienone is 2. The van der Waals surface area contributed by atoms with E-state index >= 15 is 0 Å². The predicted molar refractivity (Wildman–Crippen MR) is 54.5 cm³/mol. The zero-order valence-corrected chi connectivity index (χ0v) is 8.07. The number of anilines is 1. The molecule has 0 unspecified atom stereocenters. The largest absolute Gasteiger partial charge is 0.354 e. The van der Waals surface area contributed by atoms with Gasteiger partial charge in [-0.25, -0.2) is 4.39 Å². The Balaban J connectivity index is 2.41. The van der Waals surface area contributed by atoms with Gasteiger partial charge in [-0.15, -0.1) is 0 Å². The standard InChI is InChI=1S/C10H7FN2S/c11-5-8-10(6-12)14-9-4-2-1-3-7(9)13-8/h1-4,13H,5H2. The summed E-state index contributed by atoms with van der Waals surface area (Å²) in [6.45, 7) is -0.635. The van der Waals surface area contributed by atoms with Gasteiger partial charge in [0.15, 0.2) is 0 Å². The number of fused-ring (bicyclic) bond motifs is 1. The van der Waals surface area contributed by atoms with Crippen molar-refractivity contribution in [2.75, 3.05) is 12.0 Å². The first kappa shape index (κ1) is 9.10. The molecule has 1 aliphatic rings. The zero-order chi connectivity index (χ0) is 9.97. The van der Waals surface area contributed by atoms with Crippen LogP contribution in [0.15, 0.2) is 39.8 Å². The van der Waals surface area contributed by atoms with Crippen LogP contribution in [0.4, 0.5) is 10.1 Å². The quantitative estimate of drug-likeness (QED) is 0.767. The molecule has 70 valence electrons. The lowest BCUT2D eigenvalue weighted by atomic mass is 10.3. The Hall–Kier alpha value is -1.47. The van der Waals surface area contributed by atoms with Crippen molar-refractivity contribution in [2.45, 2.75) is 4.90 Å². The van der Waals surface area contributed by atoms with Crippen LogP contribution in [0.2, 0.25) is 0 Å². The van der Waals surface area contributed by atoms with Crippen molar-refractivity contribution in [3.05, 3.63) is 34.9 Å². The number of para-hydroxylation sites is 1. The van der Waals surface area contributed by atoms with Crippen molar-refractivity contribution in [3.63, 3.8) is 0 Å². The number of rotatable bonds is 1. The first-order valence-electron chi connectivity index (χ1n) is 4.08. The van der Waals surface area contributed by atoms with E-state index in [0.717, 1.165) is 10.6 Å². The molecule has 0 aliphatic carbocycles. The molecule has 4 heteroatoms. The number of nitrogens with zero attached hydrogens (tertiary/aromatic N) is 1. The highest BCUT2D eigenvalue weighted by Crippen LogP contribution is 2.38. The van der Waals surface area contributed by atoms with Crippen LogP contribution >= 0.6 is 11.8 Å². The van der Waals surface area contributed by atoms with Crippen molar-refractivity contribution in [1.29, 1.82) is 5.26 Å². The van der Waals surface area contributed by atoms with Crippen molar-refractivity contribution < 1.29 is 4.39 Å². The molecule has 0 spiro atoms. The molecule has 0 fully saturated rings. The summed E-state index contributed by atoms with van der Waals surface area (Å²) in [7, 11) is 0. The van der Waals surface area contributed by atoms with Crippen LogP contribution in [-0.2, 0) is 0 Å². The van der Waals surface area contributed by atoms with Crippen LogP contribution in [-0.4, -0.2) is 6.67 Å². The van der Waals surface area contributed by atoms with E-state index in [0.29, 0.717) is 10.6 Å². The number of hydrogen-bond acceptors (Lipinski definition) is 3. The van der Waals surface area contributed by atoms with Crippen LogP contribution in [0.5, 0.6) is 0 Å². The van der Waals surface area contributed by atoms with E-state index in [2.05, 4.69) is 5.32 Å². The van der Waals surface area contributed by atoms with Crippen molar-refractivity contribution in [1.82, 2.24) is 0 Å². The second kappa shape index (κ2) is 3.72. The van der Waals surface area contributed by atoms with Gasteiger partial charge in [-0.3, -0.25) is 0 Å². The molecule has 0 amide bonds. The van der Waals surface area contributed by atoms with E-state index in [1.54, 1.807) is 0 Å². The molecular formula is C10H7FN2S. The van der Waals surface area contributed by atoms with E-state index in [4.69, 9.17) is 5.26 Å². The van der Waals surface area contributed by atoms with Crippen LogP contribution in [0.1, 0.15) is 0 Å². The Labute approximate surface area is 85.4 Å². The molecule has 0 saturated carbocycles. The van der Waals surface area contributed by atoms with Gasteiger partial charge in [0, 0.05) is 4.90 Å². The molecule has 1 aromatic carbocycles. The molecule has 1 aromatic rings. The fraction of sp³-hybridized carbons (Fsp3) is 0.100. The molecule has 2 rings (SSSR count). The van der Waals surface area contributed by atoms with Crippen LogP contribution in [0.3, 0.4) is 0 Å². The highest BCUT2D eigenvalue weighted by Gasteiger charge is 2.17. The van der Waals surface area contributed by atoms with Crippen molar-refractivity contribution >= 4 is 17.4 Å². The summed E-state index contributed by atoms with van der Waals surface area (Å²) in [5.74, 6) is 0. The van der Waals surface area contributed by atoms with Gasteiger partial charge in [-0.1, -0.05) is 23.9 Å². The summed E-state index contributed by atoms with van der Waals surface area (Å²) in [6.07, 6.45) is 0. The third-order valence-electron chi connectivity index (χ3n) is 1.89. The molecule has 0 aromatic heterocycles. The normalized spacial score (nSPS) is 14.3. The Morgan fingerprint density at radius 3 is 2.93 bits per heavy atom. The van der Waals surface area contributed by atoms with E-state index in [9.17, 15) is 4.39 Å². The third kappa shape index (κ3) is 1.47.